The highest BCUT2D eigenvalue weighted by Crippen LogP contribution is 2.29. The van der Waals surface area contributed by atoms with Crippen LogP contribution in [0.1, 0.15) is 24.8 Å². The second-order valence-corrected chi connectivity index (χ2v) is 3.45. The van der Waals surface area contributed by atoms with Gasteiger partial charge in [0, 0.05) is 6.42 Å². The largest absolute Gasteiger partial charge is 0.462 e. The maximum Gasteiger partial charge on any atom is 0.313 e. The number of esters is 1. The summed E-state index contributed by atoms with van der Waals surface area (Å²) in [6.45, 7) is 1.93. The summed E-state index contributed by atoms with van der Waals surface area (Å²) in [6, 6.07) is 9.80. The maximum atomic E-state index is 11.4. The molecule has 1 aromatic carbocycles. The molecule has 1 heterocycles. The fraction of sp³-hybridized carbons (Fsp3) is 0.364. The van der Waals surface area contributed by atoms with Crippen LogP contribution in [0.5, 0.6) is 0 Å². The molecule has 0 spiro atoms. The molecule has 0 amide bonds. The summed E-state index contributed by atoms with van der Waals surface area (Å²) in [4.78, 5) is 11.4. The van der Waals surface area contributed by atoms with Crippen LogP contribution >= 0.6 is 0 Å². The van der Waals surface area contributed by atoms with E-state index in [2.05, 4.69) is 0 Å². The van der Waals surface area contributed by atoms with Crippen molar-refractivity contribution in [3.63, 3.8) is 0 Å². The van der Waals surface area contributed by atoms with E-state index in [4.69, 9.17) is 4.74 Å². The molecule has 13 heavy (non-hydrogen) atoms. The van der Waals surface area contributed by atoms with E-state index < -0.39 is 0 Å². The molecule has 2 heteroatoms. The zero-order valence-corrected chi connectivity index (χ0v) is 7.57. The van der Waals surface area contributed by atoms with Crippen LogP contribution in [0.3, 0.4) is 0 Å². The van der Waals surface area contributed by atoms with Gasteiger partial charge in [-0.15, -0.1) is 0 Å². The Labute approximate surface area is 77.5 Å². The molecule has 0 unspecified atom stereocenters. The molecular formula is C11H12O2. The number of hydrogen-bond acceptors (Lipinski definition) is 2. The lowest BCUT2D eigenvalue weighted by Crippen LogP contribution is -2.05. The SMILES string of the molecule is C[C@H]1C[C@@H](c2ccccc2)C(=O)O1. The number of benzene rings is 1. The fourth-order valence-corrected chi connectivity index (χ4v) is 1.71. The van der Waals surface area contributed by atoms with Crippen molar-refractivity contribution in [3.05, 3.63) is 35.9 Å². The summed E-state index contributed by atoms with van der Waals surface area (Å²) in [6.07, 6.45) is 0.876. The third-order valence-electron chi connectivity index (χ3n) is 2.37. The van der Waals surface area contributed by atoms with Crippen LogP contribution < -0.4 is 0 Å². The molecule has 0 radical (unpaired) electrons. The smallest absolute Gasteiger partial charge is 0.313 e. The molecule has 0 saturated carbocycles. The monoisotopic (exact) mass is 176 g/mol. The molecule has 0 aromatic heterocycles. The molecule has 1 aromatic rings. The second-order valence-electron chi connectivity index (χ2n) is 3.45. The Bertz CT molecular complexity index is 305. The van der Waals surface area contributed by atoms with Gasteiger partial charge < -0.3 is 4.74 Å². The van der Waals surface area contributed by atoms with E-state index in [0.717, 1.165) is 12.0 Å². The van der Waals surface area contributed by atoms with Crippen molar-refractivity contribution < 1.29 is 9.53 Å². The number of ether oxygens (including phenoxy) is 1. The van der Waals surface area contributed by atoms with Gasteiger partial charge in [0.25, 0.3) is 0 Å². The molecule has 1 aliphatic heterocycles. The lowest BCUT2D eigenvalue weighted by atomic mass is 9.96. The number of cyclic esters (lactones) is 1. The molecule has 1 aliphatic rings. The summed E-state index contributed by atoms with van der Waals surface area (Å²) in [5.74, 6) is -0.130. The van der Waals surface area contributed by atoms with Gasteiger partial charge in [0.15, 0.2) is 0 Å². The molecule has 1 saturated heterocycles. The minimum Gasteiger partial charge on any atom is -0.462 e. The third kappa shape index (κ3) is 1.57. The number of hydrogen-bond donors (Lipinski definition) is 0. The fourth-order valence-electron chi connectivity index (χ4n) is 1.71. The molecule has 1 fully saturated rings. The highest BCUT2D eigenvalue weighted by atomic mass is 16.5. The molecule has 0 bridgehead atoms. The summed E-state index contributed by atoms with van der Waals surface area (Å²) in [5, 5.41) is 0. The lowest BCUT2D eigenvalue weighted by molar-refractivity contribution is -0.141. The lowest BCUT2D eigenvalue weighted by Gasteiger charge is -2.03. The topological polar surface area (TPSA) is 26.3 Å². The van der Waals surface area contributed by atoms with Gasteiger partial charge in [-0.05, 0) is 12.5 Å². The van der Waals surface area contributed by atoms with Crippen molar-refractivity contribution in [2.24, 2.45) is 0 Å². The zero-order chi connectivity index (χ0) is 9.26. The first-order valence-electron chi connectivity index (χ1n) is 4.53. The molecular weight excluding hydrogens is 164 g/mol. The summed E-state index contributed by atoms with van der Waals surface area (Å²) >= 11 is 0. The Balaban J connectivity index is 2.23. The van der Waals surface area contributed by atoms with Crippen molar-refractivity contribution in [2.45, 2.75) is 25.4 Å². The van der Waals surface area contributed by atoms with Gasteiger partial charge in [0.05, 0.1) is 5.92 Å². The van der Waals surface area contributed by atoms with Gasteiger partial charge in [0.1, 0.15) is 6.10 Å². The predicted octanol–water partition coefficient (Wildman–Crippen LogP) is 2.11. The normalized spacial score (nSPS) is 27.3. The van der Waals surface area contributed by atoms with Crippen molar-refractivity contribution in [1.82, 2.24) is 0 Å². The van der Waals surface area contributed by atoms with Crippen LogP contribution in [0, 0.1) is 0 Å². The van der Waals surface area contributed by atoms with E-state index in [9.17, 15) is 4.79 Å². The second kappa shape index (κ2) is 3.21. The standard InChI is InChI=1S/C11H12O2/c1-8-7-10(11(12)13-8)9-5-3-2-4-6-9/h2-6,8,10H,7H2,1H3/t8-,10-/m0/s1. The minimum atomic E-state index is -0.0845. The molecule has 0 N–H and O–H groups in total. The Kier molecular flexibility index (Phi) is 2.05. The van der Waals surface area contributed by atoms with Gasteiger partial charge in [-0.25, -0.2) is 0 Å². The summed E-state index contributed by atoms with van der Waals surface area (Å²) in [5.41, 5.74) is 1.07. The first-order chi connectivity index (χ1) is 6.27. The Morgan fingerprint density at radius 3 is 2.54 bits per heavy atom. The molecule has 2 nitrogen and oxygen atoms in total. The van der Waals surface area contributed by atoms with Gasteiger partial charge in [-0.1, -0.05) is 30.3 Å². The summed E-state index contributed by atoms with van der Waals surface area (Å²) < 4.78 is 5.09. The van der Waals surface area contributed by atoms with Crippen molar-refractivity contribution in [1.29, 1.82) is 0 Å². The Morgan fingerprint density at radius 1 is 1.31 bits per heavy atom. The highest BCUT2D eigenvalue weighted by molar-refractivity contribution is 5.80. The quantitative estimate of drug-likeness (QED) is 0.612. The molecule has 68 valence electrons. The average Bonchev–Trinajstić information content (AvgIpc) is 2.47. The Morgan fingerprint density at radius 2 is 2.00 bits per heavy atom. The molecule has 2 atom stereocenters. The first-order valence-corrected chi connectivity index (χ1v) is 4.53. The number of carbonyl (C=O) groups is 1. The number of rotatable bonds is 1. The van der Waals surface area contributed by atoms with Crippen LogP contribution in [0.4, 0.5) is 0 Å². The van der Waals surface area contributed by atoms with E-state index in [-0.39, 0.29) is 18.0 Å². The van der Waals surface area contributed by atoms with Crippen LogP contribution in [-0.4, -0.2) is 12.1 Å². The van der Waals surface area contributed by atoms with E-state index in [1.54, 1.807) is 0 Å². The zero-order valence-electron chi connectivity index (χ0n) is 7.57. The van der Waals surface area contributed by atoms with E-state index in [0.29, 0.717) is 0 Å². The predicted molar refractivity (Wildman–Crippen MR) is 49.4 cm³/mol. The van der Waals surface area contributed by atoms with Crippen molar-refractivity contribution in [3.8, 4) is 0 Å². The van der Waals surface area contributed by atoms with Crippen LogP contribution in [-0.2, 0) is 9.53 Å². The third-order valence-corrected chi connectivity index (χ3v) is 2.37. The van der Waals surface area contributed by atoms with Crippen molar-refractivity contribution >= 4 is 5.97 Å². The number of carbonyl (C=O) groups excluding carboxylic acids is 1. The Hall–Kier alpha value is -1.31. The van der Waals surface area contributed by atoms with Gasteiger partial charge >= 0.3 is 5.97 Å². The molecule has 2 rings (SSSR count). The van der Waals surface area contributed by atoms with Gasteiger partial charge in [-0.3, -0.25) is 4.79 Å². The first kappa shape index (κ1) is 8.30. The maximum absolute atomic E-state index is 11.4. The average molecular weight is 176 g/mol. The van der Waals surface area contributed by atoms with Crippen LogP contribution in [0.2, 0.25) is 0 Å². The highest BCUT2D eigenvalue weighted by Gasteiger charge is 2.32. The van der Waals surface area contributed by atoms with Crippen LogP contribution in [0.15, 0.2) is 30.3 Å². The van der Waals surface area contributed by atoms with Crippen molar-refractivity contribution in [2.75, 3.05) is 0 Å². The summed E-state index contributed by atoms with van der Waals surface area (Å²) in [7, 11) is 0. The van der Waals surface area contributed by atoms with Crippen LogP contribution in [0.25, 0.3) is 0 Å². The van der Waals surface area contributed by atoms with E-state index in [1.807, 2.05) is 37.3 Å². The van der Waals surface area contributed by atoms with Gasteiger partial charge in [-0.2, -0.15) is 0 Å². The van der Waals surface area contributed by atoms with E-state index >= 15 is 0 Å². The van der Waals surface area contributed by atoms with Gasteiger partial charge in [0.2, 0.25) is 0 Å². The van der Waals surface area contributed by atoms with E-state index in [1.165, 1.54) is 0 Å². The minimum absolute atomic E-state index is 0.0452. The molecule has 0 aliphatic carbocycles.